The summed E-state index contributed by atoms with van der Waals surface area (Å²) >= 11 is 1.19. The topological polar surface area (TPSA) is 73.2 Å². The van der Waals surface area contributed by atoms with Gasteiger partial charge < -0.3 is 9.30 Å². The third-order valence-electron chi connectivity index (χ3n) is 3.97. The number of carbonyl (C=O) groups excluding carboxylic acids is 1. The second-order valence-corrected chi connectivity index (χ2v) is 6.45. The quantitative estimate of drug-likeness (QED) is 0.762. The first-order chi connectivity index (χ1) is 12.4. The molecule has 0 saturated heterocycles. The molecule has 2 aromatic heterocycles. The van der Waals surface area contributed by atoms with E-state index in [0.717, 1.165) is 5.69 Å². The van der Waals surface area contributed by atoms with E-state index in [1.807, 2.05) is 0 Å². The zero-order valence-corrected chi connectivity index (χ0v) is 15.2. The second-order valence-electron chi connectivity index (χ2n) is 5.59. The van der Waals surface area contributed by atoms with E-state index in [1.165, 1.54) is 41.2 Å². The molecule has 0 unspecified atom stereocenters. The van der Waals surface area contributed by atoms with E-state index in [-0.39, 0.29) is 16.9 Å². The number of aromatic nitrogens is 2. The molecule has 6 nitrogen and oxygen atoms in total. The number of hydrogen-bond donors (Lipinski definition) is 1. The number of nitrogens with one attached hydrogen (secondary N) is 1. The summed E-state index contributed by atoms with van der Waals surface area (Å²) in [6.45, 7) is 1.78. The predicted molar refractivity (Wildman–Crippen MR) is 98.4 cm³/mol. The highest BCUT2D eigenvalue weighted by molar-refractivity contribution is 7.14. The lowest BCUT2D eigenvalue weighted by Gasteiger charge is -2.06. The van der Waals surface area contributed by atoms with Crippen molar-refractivity contribution in [3.05, 3.63) is 63.1 Å². The van der Waals surface area contributed by atoms with Crippen LogP contribution in [0.1, 0.15) is 16.1 Å². The van der Waals surface area contributed by atoms with Crippen LogP contribution in [0.4, 0.5) is 9.52 Å². The van der Waals surface area contributed by atoms with E-state index in [9.17, 15) is 14.0 Å². The standard InChI is InChI=1S/C18H16FN3O3S/c1-10-4-6-12(17(24)22(10)2)16(23)21-18-20-14(9-26-18)11-5-7-15(25-3)13(19)8-11/h4-9H,1-3H3,(H,20,21,23). The summed E-state index contributed by atoms with van der Waals surface area (Å²) in [5.41, 5.74) is 1.49. The Kier molecular flexibility index (Phi) is 4.85. The molecule has 0 spiro atoms. The number of amides is 1. The second kappa shape index (κ2) is 7.09. The van der Waals surface area contributed by atoms with Gasteiger partial charge in [0.2, 0.25) is 0 Å². The molecule has 0 saturated carbocycles. The monoisotopic (exact) mass is 373 g/mol. The van der Waals surface area contributed by atoms with Gasteiger partial charge in [0.05, 0.1) is 12.8 Å². The molecule has 3 aromatic rings. The highest BCUT2D eigenvalue weighted by Crippen LogP contribution is 2.28. The Hall–Kier alpha value is -3.00. The van der Waals surface area contributed by atoms with Gasteiger partial charge in [0, 0.05) is 23.7 Å². The SMILES string of the molecule is COc1ccc(-c2csc(NC(=O)c3ccc(C)n(C)c3=O)n2)cc1F. The molecule has 0 radical (unpaired) electrons. The summed E-state index contributed by atoms with van der Waals surface area (Å²) in [4.78, 5) is 28.8. The Bertz CT molecular complexity index is 1040. The van der Waals surface area contributed by atoms with Gasteiger partial charge in [-0.2, -0.15) is 0 Å². The van der Waals surface area contributed by atoms with E-state index in [1.54, 1.807) is 31.5 Å². The van der Waals surface area contributed by atoms with Crippen LogP contribution >= 0.6 is 11.3 Å². The van der Waals surface area contributed by atoms with Crippen LogP contribution in [0.5, 0.6) is 5.75 Å². The van der Waals surface area contributed by atoms with Crippen molar-refractivity contribution < 1.29 is 13.9 Å². The molecular formula is C18H16FN3O3S. The molecule has 8 heteroatoms. The highest BCUT2D eigenvalue weighted by Gasteiger charge is 2.15. The maximum absolute atomic E-state index is 13.8. The van der Waals surface area contributed by atoms with Gasteiger partial charge in [-0.3, -0.25) is 14.9 Å². The number of rotatable bonds is 4. The van der Waals surface area contributed by atoms with Gasteiger partial charge in [0.25, 0.3) is 11.5 Å². The first-order valence-electron chi connectivity index (χ1n) is 7.68. The van der Waals surface area contributed by atoms with E-state index in [2.05, 4.69) is 10.3 Å². The van der Waals surface area contributed by atoms with Gasteiger partial charge >= 0.3 is 0 Å². The van der Waals surface area contributed by atoms with Gasteiger partial charge in [0.1, 0.15) is 5.56 Å². The lowest BCUT2D eigenvalue weighted by atomic mass is 10.1. The van der Waals surface area contributed by atoms with Crippen LogP contribution in [0, 0.1) is 12.7 Å². The van der Waals surface area contributed by atoms with Gasteiger partial charge in [-0.25, -0.2) is 9.37 Å². The van der Waals surface area contributed by atoms with E-state index < -0.39 is 11.7 Å². The average molecular weight is 373 g/mol. The minimum atomic E-state index is -0.535. The zero-order chi connectivity index (χ0) is 18.8. The van der Waals surface area contributed by atoms with Crippen LogP contribution in [0.2, 0.25) is 0 Å². The number of carbonyl (C=O) groups is 1. The number of hydrogen-bond acceptors (Lipinski definition) is 5. The summed E-state index contributed by atoms with van der Waals surface area (Å²) in [6.07, 6.45) is 0. The number of ether oxygens (including phenoxy) is 1. The van der Waals surface area contributed by atoms with Crippen LogP contribution in [-0.2, 0) is 7.05 Å². The minimum absolute atomic E-state index is 0.0327. The summed E-state index contributed by atoms with van der Waals surface area (Å²) in [7, 11) is 3.00. The molecule has 0 aliphatic carbocycles. The Morgan fingerprint density at radius 3 is 2.77 bits per heavy atom. The summed E-state index contributed by atoms with van der Waals surface area (Å²) in [5.74, 6) is -0.883. The maximum atomic E-state index is 13.8. The Morgan fingerprint density at radius 1 is 1.31 bits per heavy atom. The Morgan fingerprint density at radius 2 is 2.08 bits per heavy atom. The molecule has 1 amide bonds. The first kappa shape index (κ1) is 17.8. The fraction of sp³-hybridized carbons (Fsp3) is 0.167. The number of pyridine rings is 1. The highest BCUT2D eigenvalue weighted by atomic mass is 32.1. The number of benzene rings is 1. The molecule has 0 aliphatic rings. The predicted octanol–water partition coefficient (Wildman–Crippen LogP) is 3.22. The van der Waals surface area contributed by atoms with Crippen molar-refractivity contribution in [3.63, 3.8) is 0 Å². The van der Waals surface area contributed by atoms with Gasteiger partial charge in [-0.05, 0) is 37.3 Å². The molecule has 0 fully saturated rings. The largest absolute Gasteiger partial charge is 0.494 e. The number of methoxy groups -OCH3 is 1. The first-order valence-corrected chi connectivity index (χ1v) is 8.56. The van der Waals surface area contributed by atoms with E-state index >= 15 is 0 Å². The fourth-order valence-corrected chi connectivity index (χ4v) is 3.07. The Labute approximate surface area is 152 Å². The zero-order valence-electron chi connectivity index (χ0n) is 14.4. The van der Waals surface area contributed by atoms with Crippen LogP contribution in [0.3, 0.4) is 0 Å². The lowest BCUT2D eigenvalue weighted by molar-refractivity contribution is 0.102. The van der Waals surface area contributed by atoms with Gasteiger partial charge in [0.15, 0.2) is 16.7 Å². The van der Waals surface area contributed by atoms with Crippen molar-refractivity contribution >= 4 is 22.4 Å². The third-order valence-corrected chi connectivity index (χ3v) is 4.73. The van der Waals surface area contributed by atoms with Crippen LogP contribution in [0.15, 0.2) is 40.5 Å². The fourth-order valence-electron chi connectivity index (χ4n) is 2.35. The molecule has 2 heterocycles. The van der Waals surface area contributed by atoms with Crippen LogP contribution in [0.25, 0.3) is 11.3 Å². The molecule has 0 bridgehead atoms. The van der Waals surface area contributed by atoms with Gasteiger partial charge in [-0.15, -0.1) is 11.3 Å². The normalized spacial score (nSPS) is 10.6. The number of aryl methyl sites for hydroxylation is 1. The molecule has 1 N–H and O–H groups in total. The number of nitrogens with zero attached hydrogens (tertiary/aromatic N) is 2. The third kappa shape index (κ3) is 3.36. The minimum Gasteiger partial charge on any atom is -0.494 e. The van der Waals surface area contributed by atoms with Crippen molar-refractivity contribution in [2.75, 3.05) is 12.4 Å². The maximum Gasteiger partial charge on any atom is 0.263 e. The number of halogens is 1. The summed E-state index contributed by atoms with van der Waals surface area (Å²) in [5, 5.41) is 4.63. The average Bonchev–Trinajstić information content (AvgIpc) is 3.08. The van der Waals surface area contributed by atoms with E-state index in [4.69, 9.17) is 4.74 Å². The lowest BCUT2D eigenvalue weighted by Crippen LogP contribution is -2.28. The molecule has 134 valence electrons. The van der Waals surface area contributed by atoms with E-state index in [0.29, 0.717) is 16.4 Å². The number of anilines is 1. The van der Waals surface area contributed by atoms with Crippen molar-refractivity contribution in [2.24, 2.45) is 7.05 Å². The molecule has 3 rings (SSSR count). The molecule has 26 heavy (non-hydrogen) atoms. The van der Waals surface area contributed by atoms with Crippen molar-refractivity contribution in [3.8, 4) is 17.0 Å². The summed E-state index contributed by atoms with van der Waals surface area (Å²) in [6, 6.07) is 7.69. The Balaban J connectivity index is 1.83. The number of thiazole rings is 1. The molecular weight excluding hydrogens is 357 g/mol. The smallest absolute Gasteiger partial charge is 0.263 e. The van der Waals surface area contributed by atoms with Crippen molar-refractivity contribution in [1.82, 2.24) is 9.55 Å². The van der Waals surface area contributed by atoms with Crippen molar-refractivity contribution in [2.45, 2.75) is 6.92 Å². The molecule has 0 aliphatic heterocycles. The van der Waals surface area contributed by atoms with Crippen molar-refractivity contribution in [1.29, 1.82) is 0 Å². The van der Waals surface area contributed by atoms with Crippen LogP contribution < -0.4 is 15.6 Å². The van der Waals surface area contributed by atoms with Gasteiger partial charge in [-0.1, -0.05) is 0 Å². The summed E-state index contributed by atoms with van der Waals surface area (Å²) < 4.78 is 20.1. The molecule has 1 aromatic carbocycles. The molecule has 0 atom stereocenters. The van der Waals surface area contributed by atoms with Crippen LogP contribution in [-0.4, -0.2) is 22.6 Å².